The molecular formula is C14H20N4S. The highest BCUT2D eigenvalue weighted by Crippen LogP contribution is 2.27. The van der Waals surface area contributed by atoms with Crippen molar-refractivity contribution >= 4 is 11.8 Å². The third-order valence-electron chi connectivity index (χ3n) is 3.21. The number of hydrogen-bond donors (Lipinski definition) is 2. The highest BCUT2D eigenvalue weighted by molar-refractivity contribution is 7.99. The van der Waals surface area contributed by atoms with Crippen LogP contribution in [0.25, 0.3) is 0 Å². The largest absolute Gasteiger partial charge is 0.312 e. The average Bonchev–Trinajstić information content (AvgIpc) is 2.85. The average molecular weight is 276 g/mol. The Balaban J connectivity index is 2.17. The molecule has 0 aliphatic rings. The second kappa shape index (κ2) is 6.21. The lowest BCUT2D eigenvalue weighted by atomic mass is 9.95. The minimum atomic E-state index is 0.315. The van der Waals surface area contributed by atoms with E-state index in [9.17, 15) is 0 Å². The summed E-state index contributed by atoms with van der Waals surface area (Å²) in [5.74, 6) is 0.927. The topological polar surface area (TPSA) is 53.6 Å². The quantitative estimate of drug-likeness (QED) is 0.825. The van der Waals surface area contributed by atoms with E-state index in [4.69, 9.17) is 0 Å². The van der Waals surface area contributed by atoms with E-state index < -0.39 is 0 Å². The van der Waals surface area contributed by atoms with Crippen molar-refractivity contribution in [2.45, 2.75) is 32.0 Å². The smallest absolute Gasteiger partial charge is 0.183 e. The lowest BCUT2D eigenvalue weighted by Crippen LogP contribution is -2.21. The van der Waals surface area contributed by atoms with E-state index in [0.29, 0.717) is 6.04 Å². The van der Waals surface area contributed by atoms with Crippen molar-refractivity contribution in [1.29, 1.82) is 0 Å². The van der Waals surface area contributed by atoms with E-state index in [2.05, 4.69) is 53.4 Å². The van der Waals surface area contributed by atoms with Crippen LogP contribution in [0.1, 0.15) is 28.3 Å². The van der Waals surface area contributed by atoms with Gasteiger partial charge < -0.3 is 5.32 Å². The van der Waals surface area contributed by atoms with E-state index in [1.165, 1.54) is 22.3 Å². The van der Waals surface area contributed by atoms with Crippen molar-refractivity contribution in [3.63, 3.8) is 0 Å². The summed E-state index contributed by atoms with van der Waals surface area (Å²) in [6, 6.07) is 4.80. The molecule has 0 radical (unpaired) electrons. The van der Waals surface area contributed by atoms with Crippen LogP contribution in [-0.4, -0.2) is 28.0 Å². The van der Waals surface area contributed by atoms with Gasteiger partial charge in [-0.05, 0) is 44.5 Å². The molecule has 2 aromatic rings. The van der Waals surface area contributed by atoms with Gasteiger partial charge in [0.25, 0.3) is 0 Å². The molecule has 5 heteroatoms. The summed E-state index contributed by atoms with van der Waals surface area (Å²) < 4.78 is 0. The van der Waals surface area contributed by atoms with Crippen LogP contribution in [0, 0.1) is 20.8 Å². The fraction of sp³-hybridized carbons (Fsp3) is 0.429. The molecule has 1 heterocycles. The molecule has 102 valence electrons. The molecule has 0 amide bonds. The first-order chi connectivity index (χ1) is 9.11. The molecule has 1 aromatic carbocycles. The number of nitrogens with zero attached hydrogens (tertiary/aromatic N) is 2. The standard InChI is InChI=1S/C14H20N4S/c1-9-5-10(2)13(11(3)6-9)12(15-4)7-19-14-16-8-17-18-14/h5-6,8,12,15H,7H2,1-4H3,(H,16,17,18). The summed E-state index contributed by atoms with van der Waals surface area (Å²) in [4.78, 5) is 4.14. The zero-order chi connectivity index (χ0) is 13.8. The van der Waals surface area contributed by atoms with Gasteiger partial charge in [-0.1, -0.05) is 29.5 Å². The second-order valence-corrected chi connectivity index (χ2v) is 5.76. The maximum Gasteiger partial charge on any atom is 0.183 e. The van der Waals surface area contributed by atoms with Crippen LogP contribution < -0.4 is 5.32 Å². The zero-order valence-electron chi connectivity index (χ0n) is 11.8. The summed E-state index contributed by atoms with van der Waals surface area (Å²) in [5, 5.41) is 11.0. The van der Waals surface area contributed by atoms with Gasteiger partial charge >= 0.3 is 0 Å². The number of aryl methyl sites for hydroxylation is 3. The Morgan fingerprint density at radius 1 is 1.26 bits per heavy atom. The Morgan fingerprint density at radius 3 is 2.47 bits per heavy atom. The molecule has 0 saturated heterocycles. The lowest BCUT2D eigenvalue weighted by molar-refractivity contribution is 0.652. The SMILES string of the molecule is CNC(CSc1ncn[nH]1)c1c(C)cc(C)cc1C. The predicted octanol–water partition coefficient (Wildman–Crippen LogP) is 2.78. The number of benzene rings is 1. The highest BCUT2D eigenvalue weighted by atomic mass is 32.2. The molecule has 1 atom stereocenters. The first kappa shape index (κ1) is 14.1. The van der Waals surface area contributed by atoms with E-state index in [0.717, 1.165) is 10.9 Å². The van der Waals surface area contributed by atoms with E-state index >= 15 is 0 Å². The van der Waals surface area contributed by atoms with Gasteiger partial charge in [0, 0.05) is 11.8 Å². The Kier molecular flexibility index (Phi) is 4.61. The summed E-state index contributed by atoms with van der Waals surface area (Å²) in [6.07, 6.45) is 1.54. The highest BCUT2D eigenvalue weighted by Gasteiger charge is 2.15. The number of hydrogen-bond acceptors (Lipinski definition) is 4. The normalized spacial score (nSPS) is 12.6. The monoisotopic (exact) mass is 276 g/mol. The lowest BCUT2D eigenvalue weighted by Gasteiger charge is -2.21. The van der Waals surface area contributed by atoms with E-state index in [1.807, 2.05) is 7.05 Å². The van der Waals surface area contributed by atoms with Gasteiger partial charge in [0.1, 0.15) is 6.33 Å². The van der Waals surface area contributed by atoms with Gasteiger partial charge in [0.05, 0.1) is 0 Å². The van der Waals surface area contributed by atoms with Crippen molar-refractivity contribution in [3.05, 3.63) is 40.7 Å². The molecule has 2 N–H and O–H groups in total. The fourth-order valence-corrected chi connectivity index (χ4v) is 3.37. The second-order valence-electron chi connectivity index (χ2n) is 4.76. The van der Waals surface area contributed by atoms with Crippen LogP contribution in [0.2, 0.25) is 0 Å². The Hall–Kier alpha value is -1.33. The van der Waals surface area contributed by atoms with Crippen LogP contribution in [-0.2, 0) is 0 Å². The molecule has 0 bridgehead atoms. The maximum absolute atomic E-state index is 4.14. The third-order valence-corrected chi connectivity index (χ3v) is 4.18. The van der Waals surface area contributed by atoms with Crippen molar-refractivity contribution in [2.75, 3.05) is 12.8 Å². The van der Waals surface area contributed by atoms with Crippen molar-refractivity contribution < 1.29 is 0 Å². The predicted molar refractivity (Wildman–Crippen MR) is 79.6 cm³/mol. The molecule has 4 nitrogen and oxygen atoms in total. The summed E-state index contributed by atoms with van der Waals surface area (Å²) in [7, 11) is 2.00. The van der Waals surface area contributed by atoms with Gasteiger partial charge in [-0.2, -0.15) is 5.10 Å². The summed E-state index contributed by atoms with van der Waals surface area (Å²) in [5.41, 5.74) is 5.39. The molecule has 0 spiro atoms. The summed E-state index contributed by atoms with van der Waals surface area (Å²) in [6.45, 7) is 6.50. The van der Waals surface area contributed by atoms with Crippen LogP contribution in [0.15, 0.2) is 23.6 Å². The van der Waals surface area contributed by atoms with E-state index in [-0.39, 0.29) is 0 Å². The molecule has 0 saturated carbocycles. The number of aromatic amines is 1. The van der Waals surface area contributed by atoms with Crippen LogP contribution in [0.4, 0.5) is 0 Å². The first-order valence-electron chi connectivity index (χ1n) is 6.35. The van der Waals surface area contributed by atoms with Gasteiger partial charge in [-0.25, -0.2) is 4.98 Å². The molecule has 1 unspecified atom stereocenters. The molecule has 0 aliphatic carbocycles. The van der Waals surface area contributed by atoms with Gasteiger partial charge in [0.2, 0.25) is 0 Å². The van der Waals surface area contributed by atoms with Crippen LogP contribution in [0.3, 0.4) is 0 Å². The van der Waals surface area contributed by atoms with Crippen molar-refractivity contribution in [2.24, 2.45) is 0 Å². The van der Waals surface area contributed by atoms with Gasteiger partial charge in [-0.3, -0.25) is 5.10 Å². The molecular weight excluding hydrogens is 256 g/mol. The Labute approximate surface area is 118 Å². The molecule has 0 fully saturated rings. The molecule has 19 heavy (non-hydrogen) atoms. The van der Waals surface area contributed by atoms with Crippen molar-refractivity contribution in [3.8, 4) is 0 Å². The van der Waals surface area contributed by atoms with Crippen LogP contribution >= 0.6 is 11.8 Å². The zero-order valence-corrected chi connectivity index (χ0v) is 12.6. The minimum absolute atomic E-state index is 0.315. The van der Waals surface area contributed by atoms with Crippen molar-refractivity contribution in [1.82, 2.24) is 20.5 Å². The molecule has 2 rings (SSSR count). The van der Waals surface area contributed by atoms with Crippen LogP contribution in [0.5, 0.6) is 0 Å². The number of nitrogens with one attached hydrogen (secondary N) is 2. The number of aromatic nitrogens is 3. The fourth-order valence-electron chi connectivity index (χ4n) is 2.48. The first-order valence-corrected chi connectivity index (χ1v) is 7.33. The van der Waals surface area contributed by atoms with Gasteiger partial charge in [0.15, 0.2) is 5.16 Å². The Morgan fingerprint density at radius 2 is 1.95 bits per heavy atom. The Bertz CT molecular complexity index is 513. The number of thioether (sulfide) groups is 1. The molecule has 0 aliphatic heterocycles. The third kappa shape index (κ3) is 3.36. The number of H-pyrrole nitrogens is 1. The molecule has 1 aromatic heterocycles. The number of rotatable bonds is 5. The minimum Gasteiger partial charge on any atom is -0.312 e. The van der Waals surface area contributed by atoms with E-state index in [1.54, 1.807) is 18.1 Å². The van der Waals surface area contributed by atoms with Gasteiger partial charge in [-0.15, -0.1) is 0 Å². The maximum atomic E-state index is 4.14. The summed E-state index contributed by atoms with van der Waals surface area (Å²) >= 11 is 1.68.